The van der Waals surface area contributed by atoms with E-state index in [1.807, 2.05) is 19.9 Å². The highest BCUT2D eigenvalue weighted by atomic mass is 35.5. The van der Waals surface area contributed by atoms with Gasteiger partial charge in [-0.3, -0.25) is 9.52 Å². The lowest BCUT2D eigenvalue weighted by Gasteiger charge is -2.34. The molecule has 1 aliphatic rings. The number of carbonyl (C=O) groups is 1. The second kappa shape index (κ2) is 8.73. The number of benzene rings is 2. The average Bonchev–Trinajstić information content (AvgIpc) is 2.61. The average molecular weight is 410 g/mol. The van der Waals surface area contributed by atoms with Crippen LogP contribution in [0.15, 0.2) is 53.4 Å². The minimum Gasteiger partial charge on any atom is -0.333 e. The Morgan fingerprint density at radius 2 is 1.93 bits per heavy atom. The molecular weight excluding hydrogens is 386 g/mol. The first-order chi connectivity index (χ1) is 12.4. The van der Waals surface area contributed by atoms with Crippen LogP contribution in [0.25, 0.3) is 0 Å². The second-order valence-corrected chi connectivity index (χ2v) is 8.24. The van der Waals surface area contributed by atoms with Gasteiger partial charge in [0.2, 0.25) is 0 Å². The lowest BCUT2D eigenvalue weighted by atomic mass is 10.1. The van der Waals surface area contributed by atoms with Crippen molar-refractivity contribution in [2.24, 2.45) is 0 Å². The smallest absolute Gasteiger partial charge is 0.261 e. The summed E-state index contributed by atoms with van der Waals surface area (Å²) in [6.45, 7) is 5.95. The molecule has 27 heavy (non-hydrogen) atoms. The molecule has 1 heterocycles. The van der Waals surface area contributed by atoms with Crippen molar-refractivity contribution in [3.05, 3.63) is 59.7 Å². The molecule has 0 radical (unpaired) electrons. The standard InChI is InChI=1S/C19H23N3O3S.ClH/c1-14-5-3-7-17(11-14)21-26(24,25)18-8-4-6-16(12-18)19(23)22-10-9-20-13-15(22)2;/h3-8,11-12,15,20-21H,9-10,13H2,1-2H3;1H. The Labute approximate surface area is 166 Å². The molecule has 2 N–H and O–H groups in total. The van der Waals surface area contributed by atoms with Crippen LogP contribution in [-0.2, 0) is 10.0 Å². The Hall–Kier alpha value is -2.09. The molecule has 6 nitrogen and oxygen atoms in total. The number of hydrogen-bond donors (Lipinski definition) is 2. The van der Waals surface area contributed by atoms with Crippen molar-refractivity contribution in [1.29, 1.82) is 0 Å². The van der Waals surface area contributed by atoms with Crippen molar-refractivity contribution in [1.82, 2.24) is 10.2 Å². The van der Waals surface area contributed by atoms with Crippen LogP contribution in [0.2, 0.25) is 0 Å². The number of amides is 1. The van der Waals surface area contributed by atoms with E-state index in [2.05, 4.69) is 10.0 Å². The summed E-state index contributed by atoms with van der Waals surface area (Å²) in [7, 11) is -3.76. The number of sulfonamides is 1. The zero-order valence-electron chi connectivity index (χ0n) is 15.3. The van der Waals surface area contributed by atoms with Gasteiger partial charge in [-0.1, -0.05) is 18.2 Å². The Bertz CT molecular complexity index is 918. The van der Waals surface area contributed by atoms with Crippen LogP contribution in [-0.4, -0.2) is 44.9 Å². The first kappa shape index (κ1) is 21.2. The molecule has 1 unspecified atom stereocenters. The summed E-state index contributed by atoms with van der Waals surface area (Å²) in [6, 6.07) is 13.4. The molecule has 3 rings (SSSR count). The van der Waals surface area contributed by atoms with E-state index in [-0.39, 0.29) is 29.3 Å². The normalized spacial score (nSPS) is 17.1. The van der Waals surface area contributed by atoms with Crippen LogP contribution in [0.3, 0.4) is 0 Å². The summed E-state index contributed by atoms with van der Waals surface area (Å²) in [5.41, 5.74) is 1.84. The third kappa shape index (κ3) is 5.00. The topological polar surface area (TPSA) is 78.5 Å². The maximum absolute atomic E-state index is 12.8. The zero-order chi connectivity index (χ0) is 18.7. The number of rotatable bonds is 4. The van der Waals surface area contributed by atoms with Gasteiger partial charge in [0.1, 0.15) is 0 Å². The van der Waals surface area contributed by atoms with Crippen LogP contribution in [0.4, 0.5) is 5.69 Å². The van der Waals surface area contributed by atoms with E-state index >= 15 is 0 Å². The molecule has 1 amide bonds. The summed E-state index contributed by atoms with van der Waals surface area (Å²) in [5, 5.41) is 3.24. The number of piperazine rings is 1. The molecule has 0 bridgehead atoms. The highest BCUT2D eigenvalue weighted by molar-refractivity contribution is 7.92. The minimum atomic E-state index is -3.76. The van der Waals surface area contributed by atoms with Crippen LogP contribution >= 0.6 is 12.4 Å². The van der Waals surface area contributed by atoms with Gasteiger partial charge in [0.15, 0.2) is 0 Å². The Kier molecular flexibility index (Phi) is 6.86. The molecule has 1 aliphatic heterocycles. The number of halogens is 1. The fourth-order valence-corrected chi connectivity index (χ4v) is 4.12. The van der Waals surface area contributed by atoms with Crippen molar-refractivity contribution in [2.45, 2.75) is 24.8 Å². The molecule has 1 saturated heterocycles. The fraction of sp³-hybridized carbons (Fsp3) is 0.316. The molecule has 1 atom stereocenters. The molecule has 0 spiro atoms. The highest BCUT2D eigenvalue weighted by Gasteiger charge is 2.25. The number of hydrogen-bond acceptors (Lipinski definition) is 4. The summed E-state index contributed by atoms with van der Waals surface area (Å²) in [4.78, 5) is 14.6. The van der Waals surface area contributed by atoms with Gasteiger partial charge in [-0.25, -0.2) is 8.42 Å². The van der Waals surface area contributed by atoms with Crippen molar-refractivity contribution in [2.75, 3.05) is 24.4 Å². The van der Waals surface area contributed by atoms with E-state index < -0.39 is 10.0 Å². The summed E-state index contributed by atoms with van der Waals surface area (Å²) in [6.07, 6.45) is 0. The summed E-state index contributed by atoms with van der Waals surface area (Å²) in [5.74, 6) is -0.147. The third-order valence-electron chi connectivity index (χ3n) is 4.42. The number of nitrogens with zero attached hydrogens (tertiary/aromatic N) is 1. The zero-order valence-corrected chi connectivity index (χ0v) is 16.9. The van der Waals surface area contributed by atoms with E-state index in [0.29, 0.717) is 17.8 Å². The van der Waals surface area contributed by atoms with Gasteiger partial charge in [-0.15, -0.1) is 12.4 Å². The Balaban J connectivity index is 0.00000261. The molecule has 146 valence electrons. The molecule has 0 saturated carbocycles. The number of aryl methyl sites for hydroxylation is 1. The van der Waals surface area contributed by atoms with E-state index in [1.165, 1.54) is 12.1 Å². The lowest BCUT2D eigenvalue weighted by molar-refractivity contribution is 0.0655. The summed E-state index contributed by atoms with van der Waals surface area (Å²) >= 11 is 0. The second-order valence-electron chi connectivity index (χ2n) is 6.55. The van der Waals surface area contributed by atoms with Crippen molar-refractivity contribution in [3.63, 3.8) is 0 Å². The summed E-state index contributed by atoms with van der Waals surface area (Å²) < 4.78 is 27.9. The van der Waals surface area contributed by atoms with Gasteiger partial charge in [-0.2, -0.15) is 0 Å². The number of anilines is 1. The molecular formula is C19H24ClN3O3S. The quantitative estimate of drug-likeness (QED) is 0.813. The highest BCUT2D eigenvalue weighted by Crippen LogP contribution is 2.19. The maximum atomic E-state index is 12.8. The van der Waals surface area contributed by atoms with E-state index in [9.17, 15) is 13.2 Å². The van der Waals surface area contributed by atoms with Crippen LogP contribution in [0.5, 0.6) is 0 Å². The van der Waals surface area contributed by atoms with Crippen molar-refractivity contribution in [3.8, 4) is 0 Å². The van der Waals surface area contributed by atoms with Gasteiger partial charge in [0.05, 0.1) is 4.90 Å². The first-order valence-electron chi connectivity index (χ1n) is 8.58. The molecule has 2 aromatic carbocycles. The van der Waals surface area contributed by atoms with Crippen LogP contribution in [0.1, 0.15) is 22.8 Å². The first-order valence-corrected chi connectivity index (χ1v) is 10.1. The van der Waals surface area contributed by atoms with Crippen molar-refractivity contribution < 1.29 is 13.2 Å². The predicted molar refractivity (Wildman–Crippen MR) is 109 cm³/mol. The van der Waals surface area contributed by atoms with Crippen molar-refractivity contribution >= 4 is 34.0 Å². The van der Waals surface area contributed by atoms with Gasteiger partial charge >= 0.3 is 0 Å². The number of nitrogens with one attached hydrogen (secondary N) is 2. The van der Waals surface area contributed by atoms with E-state index in [0.717, 1.165) is 18.7 Å². The number of carbonyl (C=O) groups excluding carboxylic acids is 1. The Morgan fingerprint density at radius 3 is 2.63 bits per heavy atom. The van der Waals surface area contributed by atoms with E-state index in [4.69, 9.17) is 0 Å². The molecule has 0 aromatic heterocycles. The molecule has 2 aromatic rings. The van der Waals surface area contributed by atoms with Gasteiger partial charge < -0.3 is 10.2 Å². The van der Waals surface area contributed by atoms with Gasteiger partial charge in [-0.05, 0) is 49.7 Å². The Morgan fingerprint density at radius 1 is 1.19 bits per heavy atom. The lowest BCUT2D eigenvalue weighted by Crippen LogP contribution is -2.52. The van der Waals surface area contributed by atoms with Crippen LogP contribution < -0.4 is 10.0 Å². The van der Waals surface area contributed by atoms with Gasteiger partial charge in [0, 0.05) is 36.9 Å². The van der Waals surface area contributed by atoms with E-state index in [1.54, 1.807) is 35.2 Å². The van der Waals surface area contributed by atoms with Crippen LogP contribution in [0, 0.1) is 6.92 Å². The van der Waals surface area contributed by atoms with Gasteiger partial charge in [0.25, 0.3) is 15.9 Å². The maximum Gasteiger partial charge on any atom is 0.261 e. The molecule has 0 aliphatic carbocycles. The minimum absolute atomic E-state index is 0. The monoisotopic (exact) mass is 409 g/mol. The third-order valence-corrected chi connectivity index (χ3v) is 5.80. The predicted octanol–water partition coefficient (Wildman–Crippen LogP) is 2.65. The molecule has 1 fully saturated rings. The largest absolute Gasteiger partial charge is 0.333 e. The molecule has 8 heteroatoms. The SMILES string of the molecule is Cc1cccc(NS(=O)(=O)c2cccc(C(=O)N3CCNCC3C)c2)c1.Cl. The fourth-order valence-electron chi connectivity index (χ4n) is 3.03.